The molecule has 2 saturated heterocycles. The summed E-state index contributed by atoms with van der Waals surface area (Å²) in [5, 5.41) is 7.96. The highest BCUT2D eigenvalue weighted by Gasteiger charge is 2.28. The molecule has 1 atom stereocenters. The Kier molecular flexibility index (Phi) is 4.44. The van der Waals surface area contributed by atoms with Crippen molar-refractivity contribution in [2.75, 3.05) is 19.6 Å². The maximum atomic E-state index is 4.28. The summed E-state index contributed by atoms with van der Waals surface area (Å²) in [7, 11) is 0. The molecule has 1 aromatic heterocycles. The van der Waals surface area contributed by atoms with E-state index in [0.717, 1.165) is 24.2 Å². The van der Waals surface area contributed by atoms with Crippen molar-refractivity contribution in [2.45, 2.75) is 38.3 Å². The van der Waals surface area contributed by atoms with E-state index in [1.807, 2.05) is 23.1 Å². The molecule has 0 bridgehead atoms. The fraction of sp³-hybridized carbons (Fsp3) is 0.526. The Balaban J connectivity index is 1.31. The minimum atomic E-state index is 0.797. The molecular weight excluding hydrogens is 284 g/mol. The van der Waals surface area contributed by atoms with Crippen molar-refractivity contribution in [1.29, 1.82) is 0 Å². The predicted octanol–water partition coefficient (Wildman–Crippen LogP) is 2.84. The first-order valence-electron chi connectivity index (χ1n) is 8.93. The number of nitrogens with zero attached hydrogens (tertiary/aromatic N) is 3. The molecule has 2 aliphatic heterocycles. The van der Waals surface area contributed by atoms with Crippen LogP contribution >= 0.6 is 0 Å². The molecule has 0 saturated carbocycles. The van der Waals surface area contributed by atoms with E-state index < -0.39 is 0 Å². The van der Waals surface area contributed by atoms with Crippen molar-refractivity contribution in [3.05, 3.63) is 48.3 Å². The maximum Gasteiger partial charge on any atom is 0.0645 e. The molecule has 4 heteroatoms. The molecule has 2 aromatic rings. The maximum absolute atomic E-state index is 4.28. The molecule has 1 unspecified atom stereocenters. The molecule has 0 radical (unpaired) electrons. The molecule has 23 heavy (non-hydrogen) atoms. The summed E-state index contributed by atoms with van der Waals surface area (Å²) in [6, 6.07) is 11.6. The van der Waals surface area contributed by atoms with Gasteiger partial charge in [-0.25, -0.2) is 4.68 Å². The second-order valence-electron chi connectivity index (χ2n) is 6.93. The average Bonchev–Trinajstić information content (AvgIpc) is 3.30. The van der Waals surface area contributed by atoms with Gasteiger partial charge in [0, 0.05) is 25.0 Å². The van der Waals surface area contributed by atoms with Gasteiger partial charge in [0.05, 0.1) is 5.69 Å². The second-order valence-corrected chi connectivity index (χ2v) is 6.93. The Morgan fingerprint density at radius 2 is 1.91 bits per heavy atom. The third-order valence-corrected chi connectivity index (χ3v) is 5.41. The Labute approximate surface area is 138 Å². The van der Waals surface area contributed by atoms with Gasteiger partial charge in [0.25, 0.3) is 0 Å². The molecule has 1 N–H and O–H groups in total. The topological polar surface area (TPSA) is 33.1 Å². The number of nitrogens with one attached hydrogen (secondary N) is 1. The highest BCUT2D eigenvalue weighted by atomic mass is 15.3. The van der Waals surface area contributed by atoms with Crippen LogP contribution in [-0.4, -0.2) is 40.4 Å². The zero-order valence-corrected chi connectivity index (χ0v) is 13.7. The number of aromatic nitrogens is 2. The van der Waals surface area contributed by atoms with Crippen LogP contribution in [0, 0.1) is 5.92 Å². The van der Waals surface area contributed by atoms with Gasteiger partial charge in [-0.3, -0.25) is 4.90 Å². The fourth-order valence-electron chi connectivity index (χ4n) is 4.06. The van der Waals surface area contributed by atoms with Crippen LogP contribution in [-0.2, 0) is 6.54 Å². The van der Waals surface area contributed by atoms with Gasteiger partial charge in [-0.15, -0.1) is 0 Å². The minimum absolute atomic E-state index is 0.797. The fourth-order valence-corrected chi connectivity index (χ4v) is 4.06. The Morgan fingerprint density at radius 1 is 1.09 bits per heavy atom. The van der Waals surface area contributed by atoms with Crippen LogP contribution in [0.1, 0.15) is 31.2 Å². The van der Waals surface area contributed by atoms with E-state index in [1.165, 1.54) is 50.9 Å². The summed E-state index contributed by atoms with van der Waals surface area (Å²) in [5.41, 5.74) is 2.53. The zero-order chi connectivity index (χ0) is 15.5. The standard InChI is InChI=1S/C19H26N4/c1-3-19(20-10-1)17-8-13-22(14-9-17)15-16-4-6-18(7-5-16)23-12-2-11-21-23/h2,4-7,11-12,17,19-20H,1,3,8-10,13-15H2. The van der Waals surface area contributed by atoms with Crippen molar-refractivity contribution in [3.63, 3.8) is 0 Å². The van der Waals surface area contributed by atoms with Crippen molar-refractivity contribution in [1.82, 2.24) is 20.0 Å². The van der Waals surface area contributed by atoms with E-state index in [1.54, 1.807) is 0 Å². The number of rotatable bonds is 4. The third-order valence-electron chi connectivity index (χ3n) is 5.41. The van der Waals surface area contributed by atoms with Crippen molar-refractivity contribution < 1.29 is 0 Å². The van der Waals surface area contributed by atoms with Gasteiger partial charge >= 0.3 is 0 Å². The third kappa shape index (κ3) is 3.48. The van der Waals surface area contributed by atoms with Crippen molar-refractivity contribution in [3.8, 4) is 5.69 Å². The molecule has 4 nitrogen and oxygen atoms in total. The van der Waals surface area contributed by atoms with Crippen LogP contribution < -0.4 is 5.32 Å². The average molecular weight is 310 g/mol. The number of benzene rings is 1. The second kappa shape index (κ2) is 6.85. The van der Waals surface area contributed by atoms with Crippen molar-refractivity contribution in [2.24, 2.45) is 5.92 Å². The lowest BCUT2D eigenvalue weighted by molar-refractivity contribution is 0.157. The largest absolute Gasteiger partial charge is 0.314 e. The normalized spacial score (nSPS) is 23.4. The van der Waals surface area contributed by atoms with Gasteiger partial charge in [-0.1, -0.05) is 12.1 Å². The molecule has 2 fully saturated rings. The van der Waals surface area contributed by atoms with Crippen LogP contribution in [0.3, 0.4) is 0 Å². The lowest BCUT2D eigenvalue weighted by atomic mass is 9.88. The first kappa shape index (κ1) is 14.9. The molecule has 2 aliphatic rings. The first-order chi connectivity index (χ1) is 11.4. The summed E-state index contributed by atoms with van der Waals surface area (Å²) in [4.78, 5) is 2.61. The predicted molar refractivity (Wildman–Crippen MR) is 92.6 cm³/mol. The molecule has 3 heterocycles. The Bertz CT molecular complexity index is 591. The number of hydrogen-bond acceptors (Lipinski definition) is 3. The summed E-state index contributed by atoms with van der Waals surface area (Å²) >= 11 is 0. The number of hydrogen-bond donors (Lipinski definition) is 1. The molecule has 0 amide bonds. The van der Waals surface area contributed by atoms with E-state index in [2.05, 4.69) is 39.6 Å². The molecule has 1 aromatic carbocycles. The summed E-state index contributed by atoms with van der Waals surface area (Å²) in [6.07, 6.45) is 9.26. The summed E-state index contributed by atoms with van der Waals surface area (Å²) in [6.45, 7) is 4.78. The Morgan fingerprint density at radius 3 is 2.57 bits per heavy atom. The van der Waals surface area contributed by atoms with E-state index in [-0.39, 0.29) is 0 Å². The first-order valence-corrected chi connectivity index (χ1v) is 8.93. The molecule has 4 rings (SSSR count). The monoisotopic (exact) mass is 310 g/mol. The van der Waals surface area contributed by atoms with Crippen LogP contribution in [0.4, 0.5) is 0 Å². The lowest BCUT2D eigenvalue weighted by Crippen LogP contribution is -2.40. The van der Waals surface area contributed by atoms with E-state index in [9.17, 15) is 0 Å². The van der Waals surface area contributed by atoms with Gasteiger partial charge in [-0.05, 0) is 75.0 Å². The van der Waals surface area contributed by atoms with Gasteiger partial charge in [0.15, 0.2) is 0 Å². The zero-order valence-electron chi connectivity index (χ0n) is 13.7. The van der Waals surface area contributed by atoms with Crippen molar-refractivity contribution >= 4 is 0 Å². The summed E-state index contributed by atoms with van der Waals surface area (Å²) < 4.78 is 1.91. The van der Waals surface area contributed by atoms with Crippen LogP contribution in [0.2, 0.25) is 0 Å². The molecule has 122 valence electrons. The van der Waals surface area contributed by atoms with Gasteiger partial charge in [0.1, 0.15) is 0 Å². The number of piperidine rings is 1. The summed E-state index contributed by atoms with van der Waals surface area (Å²) in [5.74, 6) is 0.899. The van der Waals surface area contributed by atoms with Crippen LogP contribution in [0.5, 0.6) is 0 Å². The Hall–Kier alpha value is -1.65. The SMILES string of the molecule is c1cnn(-c2ccc(CN3CCC(C4CCCN4)CC3)cc2)c1. The van der Waals surface area contributed by atoms with E-state index in [0.29, 0.717) is 0 Å². The molecule has 0 aliphatic carbocycles. The van der Waals surface area contributed by atoms with Crippen LogP contribution in [0.25, 0.3) is 5.69 Å². The lowest BCUT2D eigenvalue weighted by Gasteiger charge is -2.35. The van der Waals surface area contributed by atoms with Gasteiger partial charge in [-0.2, -0.15) is 5.10 Å². The minimum Gasteiger partial charge on any atom is -0.314 e. The highest BCUT2D eigenvalue weighted by Crippen LogP contribution is 2.26. The van der Waals surface area contributed by atoms with Crippen LogP contribution in [0.15, 0.2) is 42.7 Å². The molecule has 0 spiro atoms. The van der Waals surface area contributed by atoms with E-state index in [4.69, 9.17) is 0 Å². The highest BCUT2D eigenvalue weighted by molar-refractivity contribution is 5.33. The molecular formula is C19H26N4. The quantitative estimate of drug-likeness (QED) is 0.942. The van der Waals surface area contributed by atoms with Gasteiger partial charge in [0.2, 0.25) is 0 Å². The van der Waals surface area contributed by atoms with Gasteiger partial charge < -0.3 is 5.32 Å². The van der Waals surface area contributed by atoms with E-state index >= 15 is 0 Å². The number of likely N-dealkylation sites (tertiary alicyclic amines) is 1. The smallest absolute Gasteiger partial charge is 0.0645 e.